The summed E-state index contributed by atoms with van der Waals surface area (Å²) in [6.07, 6.45) is 2.38. The molecule has 18 heavy (non-hydrogen) atoms. The highest BCUT2D eigenvalue weighted by Crippen LogP contribution is 2.33. The molecular weight excluding hydrogens is 252 g/mol. The summed E-state index contributed by atoms with van der Waals surface area (Å²) in [4.78, 5) is 26.9. The van der Waals surface area contributed by atoms with Crippen LogP contribution >= 0.6 is 11.8 Å². The molecule has 1 aliphatic carbocycles. The van der Waals surface area contributed by atoms with Crippen molar-refractivity contribution in [2.45, 2.75) is 38.1 Å². The molecule has 6 heteroatoms. The second-order valence-corrected chi connectivity index (χ2v) is 6.31. The molecule has 0 spiro atoms. The fourth-order valence-electron chi connectivity index (χ4n) is 2.24. The van der Waals surface area contributed by atoms with E-state index in [1.54, 1.807) is 4.90 Å². The first-order valence-corrected chi connectivity index (χ1v) is 7.51. The Bertz CT molecular complexity index is 346. The molecule has 2 aliphatic rings. The van der Waals surface area contributed by atoms with Crippen LogP contribution in [0.5, 0.6) is 0 Å². The maximum Gasteiger partial charge on any atom is 0.327 e. The van der Waals surface area contributed by atoms with Crippen LogP contribution in [0.15, 0.2) is 0 Å². The summed E-state index contributed by atoms with van der Waals surface area (Å²) < 4.78 is 0. The Morgan fingerprint density at radius 2 is 2.11 bits per heavy atom. The van der Waals surface area contributed by atoms with Crippen LogP contribution in [-0.2, 0) is 4.79 Å². The van der Waals surface area contributed by atoms with Crippen molar-refractivity contribution >= 4 is 23.8 Å². The smallest absolute Gasteiger partial charge is 0.327 e. The van der Waals surface area contributed by atoms with Crippen molar-refractivity contribution < 1.29 is 14.7 Å². The van der Waals surface area contributed by atoms with Gasteiger partial charge >= 0.3 is 12.0 Å². The minimum atomic E-state index is -0.900. The maximum absolute atomic E-state index is 12.4. The molecule has 2 unspecified atom stereocenters. The van der Waals surface area contributed by atoms with Gasteiger partial charge in [0, 0.05) is 18.8 Å². The lowest BCUT2D eigenvalue weighted by molar-refractivity contribution is -0.141. The summed E-state index contributed by atoms with van der Waals surface area (Å²) in [5.74, 6) is 0.217. The SMILES string of the molecule is CCN(CC1CC1)C(=O)N1C(C)SCC1C(=O)O. The topological polar surface area (TPSA) is 60.9 Å². The zero-order valence-corrected chi connectivity index (χ0v) is 11.7. The normalized spacial score (nSPS) is 27.3. The summed E-state index contributed by atoms with van der Waals surface area (Å²) in [6, 6.07) is -0.792. The molecular formula is C12H20N2O3S. The number of carbonyl (C=O) groups is 2. The van der Waals surface area contributed by atoms with Crippen molar-refractivity contribution in [3.63, 3.8) is 0 Å². The minimum absolute atomic E-state index is 0.0492. The van der Waals surface area contributed by atoms with Gasteiger partial charge in [-0.1, -0.05) is 0 Å². The standard InChI is InChI=1S/C12H20N2O3S/c1-3-13(6-9-4-5-9)12(17)14-8(2)18-7-10(14)11(15)16/h8-10H,3-7H2,1-2H3,(H,15,16). The molecule has 1 N–H and O–H groups in total. The van der Waals surface area contributed by atoms with E-state index in [4.69, 9.17) is 0 Å². The van der Waals surface area contributed by atoms with Gasteiger partial charge in [-0.25, -0.2) is 9.59 Å². The van der Waals surface area contributed by atoms with Crippen molar-refractivity contribution in [2.75, 3.05) is 18.8 Å². The third-order valence-electron chi connectivity index (χ3n) is 3.56. The predicted octanol–water partition coefficient (Wildman–Crippen LogP) is 1.69. The number of nitrogens with zero attached hydrogens (tertiary/aromatic N) is 2. The van der Waals surface area contributed by atoms with Crippen LogP contribution in [0, 0.1) is 5.92 Å². The molecule has 0 bridgehead atoms. The average molecular weight is 272 g/mol. The quantitative estimate of drug-likeness (QED) is 0.846. The Balaban J connectivity index is 2.06. The van der Waals surface area contributed by atoms with Gasteiger partial charge in [0.25, 0.3) is 0 Å². The highest BCUT2D eigenvalue weighted by molar-refractivity contribution is 8.00. The summed E-state index contributed by atoms with van der Waals surface area (Å²) in [5.41, 5.74) is 0. The number of amides is 2. The lowest BCUT2D eigenvalue weighted by Gasteiger charge is -2.31. The number of carboxylic acids is 1. The third-order valence-corrected chi connectivity index (χ3v) is 4.77. The van der Waals surface area contributed by atoms with Crippen LogP contribution in [0.2, 0.25) is 0 Å². The summed E-state index contributed by atoms with van der Waals surface area (Å²) in [7, 11) is 0. The first-order valence-electron chi connectivity index (χ1n) is 6.46. The number of carbonyl (C=O) groups excluding carboxylic acids is 1. The van der Waals surface area contributed by atoms with E-state index in [1.165, 1.54) is 29.5 Å². The van der Waals surface area contributed by atoms with Crippen molar-refractivity contribution in [3.8, 4) is 0 Å². The zero-order chi connectivity index (χ0) is 13.3. The molecule has 1 saturated heterocycles. The Kier molecular flexibility index (Phi) is 4.04. The number of aliphatic carboxylic acids is 1. The van der Waals surface area contributed by atoms with Crippen LogP contribution in [0.25, 0.3) is 0 Å². The van der Waals surface area contributed by atoms with Gasteiger partial charge in [0.1, 0.15) is 6.04 Å². The summed E-state index contributed by atoms with van der Waals surface area (Å²) in [5, 5.41) is 9.12. The van der Waals surface area contributed by atoms with Crippen LogP contribution in [0.1, 0.15) is 26.7 Å². The van der Waals surface area contributed by atoms with E-state index in [-0.39, 0.29) is 11.4 Å². The molecule has 102 valence electrons. The Morgan fingerprint density at radius 3 is 2.61 bits per heavy atom. The van der Waals surface area contributed by atoms with Gasteiger partial charge in [-0.05, 0) is 32.6 Å². The number of thioether (sulfide) groups is 1. The molecule has 0 radical (unpaired) electrons. The zero-order valence-electron chi connectivity index (χ0n) is 10.8. The average Bonchev–Trinajstić information content (AvgIpc) is 3.06. The van der Waals surface area contributed by atoms with E-state index in [1.807, 2.05) is 13.8 Å². The molecule has 1 heterocycles. The van der Waals surface area contributed by atoms with Crippen molar-refractivity contribution in [1.29, 1.82) is 0 Å². The first-order chi connectivity index (χ1) is 8.54. The monoisotopic (exact) mass is 272 g/mol. The largest absolute Gasteiger partial charge is 0.480 e. The van der Waals surface area contributed by atoms with Crippen LogP contribution in [0.4, 0.5) is 4.79 Å². The van der Waals surface area contributed by atoms with Crippen LogP contribution in [-0.4, -0.2) is 57.2 Å². The number of hydrogen-bond acceptors (Lipinski definition) is 3. The van der Waals surface area contributed by atoms with Crippen LogP contribution < -0.4 is 0 Å². The van der Waals surface area contributed by atoms with Gasteiger partial charge in [-0.3, -0.25) is 4.90 Å². The lowest BCUT2D eigenvalue weighted by Crippen LogP contribution is -2.51. The van der Waals surface area contributed by atoms with Gasteiger partial charge in [-0.15, -0.1) is 11.8 Å². The van der Waals surface area contributed by atoms with E-state index in [2.05, 4.69) is 0 Å². The van der Waals surface area contributed by atoms with E-state index in [0.717, 1.165) is 6.54 Å². The highest BCUT2D eigenvalue weighted by atomic mass is 32.2. The van der Waals surface area contributed by atoms with E-state index in [9.17, 15) is 14.7 Å². The molecule has 2 atom stereocenters. The number of carboxylic acid groups (broad SMARTS) is 1. The predicted molar refractivity (Wildman–Crippen MR) is 70.5 cm³/mol. The number of hydrogen-bond donors (Lipinski definition) is 1. The molecule has 5 nitrogen and oxygen atoms in total. The van der Waals surface area contributed by atoms with Gasteiger partial charge in [0.05, 0.1) is 5.37 Å². The first kappa shape index (κ1) is 13.5. The molecule has 0 aromatic carbocycles. The van der Waals surface area contributed by atoms with Gasteiger partial charge in [-0.2, -0.15) is 0 Å². The second kappa shape index (κ2) is 5.38. The molecule has 1 saturated carbocycles. The van der Waals surface area contributed by atoms with E-state index >= 15 is 0 Å². The molecule has 0 aromatic rings. The van der Waals surface area contributed by atoms with Crippen molar-refractivity contribution in [1.82, 2.24) is 9.80 Å². The number of rotatable bonds is 4. The van der Waals surface area contributed by atoms with E-state index < -0.39 is 12.0 Å². The fourth-order valence-corrected chi connectivity index (χ4v) is 3.40. The van der Waals surface area contributed by atoms with Gasteiger partial charge < -0.3 is 10.0 Å². The number of urea groups is 1. The van der Waals surface area contributed by atoms with Gasteiger partial charge in [0.2, 0.25) is 0 Å². The molecule has 2 amide bonds. The Labute approximate surface area is 112 Å². The third kappa shape index (κ3) is 2.74. The van der Waals surface area contributed by atoms with E-state index in [0.29, 0.717) is 18.2 Å². The minimum Gasteiger partial charge on any atom is -0.480 e. The highest BCUT2D eigenvalue weighted by Gasteiger charge is 2.41. The maximum atomic E-state index is 12.4. The molecule has 2 rings (SSSR count). The molecule has 1 aliphatic heterocycles. The summed E-state index contributed by atoms with van der Waals surface area (Å²) in [6.45, 7) is 5.27. The molecule has 0 aromatic heterocycles. The van der Waals surface area contributed by atoms with Gasteiger partial charge in [0.15, 0.2) is 0 Å². The van der Waals surface area contributed by atoms with Crippen LogP contribution in [0.3, 0.4) is 0 Å². The lowest BCUT2D eigenvalue weighted by atomic mass is 10.3. The Morgan fingerprint density at radius 1 is 1.44 bits per heavy atom. The summed E-state index contributed by atoms with van der Waals surface area (Å²) >= 11 is 1.53. The van der Waals surface area contributed by atoms with Crippen molar-refractivity contribution in [2.24, 2.45) is 5.92 Å². The fraction of sp³-hybridized carbons (Fsp3) is 0.833. The molecule has 2 fully saturated rings. The van der Waals surface area contributed by atoms with Crippen molar-refractivity contribution in [3.05, 3.63) is 0 Å². The Hall–Kier alpha value is -0.910. The second-order valence-electron chi connectivity index (χ2n) is 4.96.